The first kappa shape index (κ1) is 15.4. The van der Waals surface area contributed by atoms with Crippen LogP contribution in [0, 0.1) is 0 Å². The molecule has 0 radical (unpaired) electrons. The highest BCUT2D eigenvalue weighted by molar-refractivity contribution is 5.83. The van der Waals surface area contributed by atoms with Gasteiger partial charge in [0.1, 0.15) is 11.9 Å². The van der Waals surface area contributed by atoms with E-state index in [1.54, 1.807) is 6.20 Å². The van der Waals surface area contributed by atoms with Crippen LogP contribution in [0.2, 0.25) is 0 Å². The van der Waals surface area contributed by atoms with E-state index >= 15 is 0 Å². The molecule has 24 heavy (non-hydrogen) atoms. The number of hydrogen-bond donors (Lipinski definition) is 1. The second-order valence-corrected chi connectivity index (χ2v) is 6.35. The lowest BCUT2D eigenvalue weighted by molar-refractivity contribution is -0.149. The molecule has 0 spiro atoms. The number of hydrogen-bond acceptors (Lipinski definition) is 4. The molecular weight excluding hydrogens is 304 g/mol. The minimum atomic E-state index is -0.504. The lowest BCUT2D eigenvalue weighted by Gasteiger charge is -2.38. The molecule has 0 aliphatic carbocycles. The van der Waals surface area contributed by atoms with Crippen molar-refractivity contribution in [1.29, 1.82) is 0 Å². The van der Waals surface area contributed by atoms with Crippen molar-refractivity contribution in [2.24, 2.45) is 7.05 Å². The van der Waals surface area contributed by atoms with Gasteiger partial charge in [0.25, 0.3) is 5.91 Å². The highest BCUT2D eigenvalue weighted by Gasteiger charge is 2.37. The van der Waals surface area contributed by atoms with Crippen molar-refractivity contribution in [2.75, 3.05) is 26.2 Å². The minimum absolute atomic E-state index is 0.0386. The lowest BCUT2D eigenvalue weighted by atomic mass is 9.96. The van der Waals surface area contributed by atoms with Crippen molar-refractivity contribution in [2.45, 2.75) is 18.6 Å². The number of nitrogens with zero attached hydrogens (tertiary/aromatic N) is 3. The van der Waals surface area contributed by atoms with Gasteiger partial charge in [0.15, 0.2) is 6.10 Å². The van der Waals surface area contributed by atoms with E-state index in [1.807, 2.05) is 40.9 Å². The van der Waals surface area contributed by atoms with E-state index in [2.05, 4.69) is 16.4 Å². The van der Waals surface area contributed by atoms with E-state index < -0.39 is 6.10 Å². The van der Waals surface area contributed by atoms with Crippen LogP contribution in [-0.4, -0.2) is 46.6 Å². The molecule has 126 valence electrons. The molecule has 2 aromatic rings. The van der Waals surface area contributed by atoms with Gasteiger partial charge in [-0.05, 0) is 17.5 Å². The van der Waals surface area contributed by atoms with E-state index in [-0.39, 0.29) is 11.9 Å². The van der Waals surface area contributed by atoms with Gasteiger partial charge in [-0.25, -0.2) is 4.98 Å². The van der Waals surface area contributed by atoms with Crippen LogP contribution >= 0.6 is 0 Å². The number of rotatable bonds is 2. The molecule has 1 N–H and O–H groups in total. The largest absolute Gasteiger partial charge is 0.363 e. The Morgan fingerprint density at radius 2 is 2.25 bits per heavy atom. The Labute approximate surface area is 141 Å². The molecule has 0 saturated carbocycles. The number of piperazine rings is 1. The fourth-order valence-corrected chi connectivity index (χ4v) is 3.65. The van der Waals surface area contributed by atoms with Crippen LogP contribution in [-0.2, 0) is 23.0 Å². The maximum absolute atomic E-state index is 13.3. The molecule has 1 aromatic carbocycles. The van der Waals surface area contributed by atoms with Crippen LogP contribution in [0.3, 0.4) is 0 Å². The third kappa shape index (κ3) is 2.61. The molecule has 6 heteroatoms. The standard InChI is InChI=1S/C18H22N4O2/c1-21-9-8-20-17(21)15-12-19-7-10-22(15)18(23)16-14-5-3-2-4-13(14)6-11-24-16/h2-5,8-9,15-16,19H,6-7,10-12H2,1H3. The molecule has 0 bridgehead atoms. The van der Waals surface area contributed by atoms with E-state index in [4.69, 9.17) is 4.74 Å². The highest BCUT2D eigenvalue weighted by Crippen LogP contribution is 2.31. The van der Waals surface area contributed by atoms with E-state index in [9.17, 15) is 4.79 Å². The maximum Gasteiger partial charge on any atom is 0.257 e. The number of aromatic nitrogens is 2. The number of carbonyl (C=O) groups is 1. The van der Waals surface area contributed by atoms with Gasteiger partial charge in [0.2, 0.25) is 0 Å². The number of ether oxygens (including phenoxy) is 1. The zero-order valence-electron chi connectivity index (χ0n) is 13.8. The van der Waals surface area contributed by atoms with Crippen molar-refractivity contribution >= 4 is 5.91 Å². The average molecular weight is 326 g/mol. The molecule has 1 saturated heterocycles. The van der Waals surface area contributed by atoms with Crippen molar-refractivity contribution in [3.05, 3.63) is 53.6 Å². The summed E-state index contributed by atoms with van der Waals surface area (Å²) in [5.74, 6) is 0.941. The summed E-state index contributed by atoms with van der Waals surface area (Å²) in [7, 11) is 1.96. The first-order valence-corrected chi connectivity index (χ1v) is 8.43. The van der Waals surface area contributed by atoms with Crippen LogP contribution in [0.1, 0.15) is 29.1 Å². The maximum atomic E-state index is 13.3. The zero-order valence-corrected chi connectivity index (χ0v) is 13.8. The third-order valence-electron chi connectivity index (χ3n) is 4.90. The summed E-state index contributed by atoms with van der Waals surface area (Å²) in [5, 5.41) is 3.37. The predicted molar refractivity (Wildman–Crippen MR) is 89.4 cm³/mol. The van der Waals surface area contributed by atoms with E-state index in [1.165, 1.54) is 5.56 Å². The number of amides is 1. The number of fused-ring (bicyclic) bond motifs is 1. The van der Waals surface area contributed by atoms with Gasteiger partial charge in [-0.1, -0.05) is 24.3 Å². The Hall–Kier alpha value is -2.18. The molecule has 2 aliphatic rings. The smallest absolute Gasteiger partial charge is 0.257 e. The normalized spacial score (nSPS) is 23.8. The molecule has 2 unspecified atom stereocenters. The number of imidazole rings is 1. The van der Waals surface area contributed by atoms with Crippen molar-refractivity contribution < 1.29 is 9.53 Å². The van der Waals surface area contributed by atoms with Crippen LogP contribution in [0.4, 0.5) is 0 Å². The van der Waals surface area contributed by atoms with Crippen LogP contribution in [0.5, 0.6) is 0 Å². The van der Waals surface area contributed by atoms with Gasteiger partial charge in [-0.2, -0.15) is 0 Å². The number of carbonyl (C=O) groups excluding carboxylic acids is 1. The monoisotopic (exact) mass is 326 g/mol. The van der Waals surface area contributed by atoms with Crippen LogP contribution < -0.4 is 5.32 Å². The fraction of sp³-hybridized carbons (Fsp3) is 0.444. The van der Waals surface area contributed by atoms with Crippen molar-refractivity contribution in [3.63, 3.8) is 0 Å². The predicted octanol–water partition coefficient (Wildman–Crippen LogP) is 1.21. The molecule has 2 aliphatic heterocycles. The summed E-state index contributed by atoms with van der Waals surface area (Å²) in [6, 6.07) is 8.03. The van der Waals surface area contributed by atoms with Crippen molar-refractivity contribution in [3.8, 4) is 0 Å². The Kier molecular flexibility index (Phi) is 4.08. The molecule has 3 heterocycles. The lowest BCUT2D eigenvalue weighted by Crippen LogP contribution is -2.51. The summed E-state index contributed by atoms with van der Waals surface area (Å²) in [4.78, 5) is 19.6. The zero-order chi connectivity index (χ0) is 16.5. The van der Waals surface area contributed by atoms with Crippen LogP contribution in [0.25, 0.3) is 0 Å². The summed E-state index contributed by atoms with van der Waals surface area (Å²) in [6.45, 7) is 2.76. The van der Waals surface area contributed by atoms with E-state index in [0.717, 1.165) is 24.4 Å². The summed E-state index contributed by atoms with van der Waals surface area (Å²) in [6.07, 6.45) is 4.05. The third-order valence-corrected chi connectivity index (χ3v) is 4.90. The second-order valence-electron chi connectivity index (χ2n) is 6.35. The summed E-state index contributed by atoms with van der Waals surface area (Å²) < 4.78 is 7.86. The molecular formula is C18H22N4O2. The molecule has 6 nitrogen and oxygen atoms in total. The molecule has 2 atom stereocenters. The topological polar surface area (TPSA) is 59.4 Å². The molecule has 1 fully saturated rings. The number of nitrogens with one attached hydrogen (secondary N) is 1. The number of benzene rings is 1. The van der Waals surface area contributed by atoms with Gasteiger partial charge in [-0.15, -0.1) is 0 Å². The van der Waals surface area contributed by atoms with Gasteiger partial charge < -0.3 is 19.5 Å². The van der Waals surface area contributed by atoms with Crippen LogP contribution in [0.15, 0.2) is 36.7 Å². The Morgan fingerprint density at radius 3 is 3.08 bits per heavy atom. The van der Waals surface area contributed by atoms with Gasteiger partial charge in [0, 0.05) is 39.1 Å². The first-order valence-electron chi connectivity index (χ1n) is 8.43. The number of aryl methyl sites for hydroxylation is 1. The van der Waals surface area contributed by atoms with Crippen molar-refractivity contribution in [1.82, 2.24) is 19.8 Å². The molecule has 1 aromatic heterocycles. The Morgan fingerprint density at radius 1 is 1.38 bits per heavy atom. The second kappa shape index (κ2) is 6.37. The van der Waals surface area contributed by atoms with E-state index in [0.29, 0.717) is 19.7 Å². The van der Waals surface area contributed by atoms with Gasteiger partial charge in [0.05, 0.1) is 6.61 Å². The molecule has 4 rings (SSSR count). The highest BCUT2D eigenvalue weighted by atomic mass is 16.5. The Bertz CT molecular complexity index is 742. The molecule has 1 amide bonds. The summed E-state index contributed by atoms with van der Waals surface area (Å²) in [5.41, 5.74) is 2.22. The fourth-order valence-electron chi connectivity index (χ4n) is 3.65. The first-order chi connectivity index (χ1) is 11.8. The Balaban J connectivity index is 1.64. The SMILES string of the molecule is Cn1ccnc1C1CNCCN1C(=O)C1OCCc2ccccc21. The minimum Gasteiger partial charge on any atom is -0.363 e. The average Bonchev–Trinajstić information content (AvgIpc) is 3.06. The van der Waals surface area contributed by atoms with Gasteiger partial charge >= 0.3 is 0 Å². The summed E-state index contributed by atoms with van der Waals surface area (Å²) >= 11 is 0. The quantitative estimate of drug-likeness (QED) is 0.901. The van der Waals surface area contributed by atoms with Gasteiger partial charge in [-0.3, -0.25) is 4.79 Å².